The van der Waals surface area contributed by atoms with Crippen molar-refractivity contribution in [1.82, 2.24) is 0 Å². The molecule has 76 valence electrons. The predicted octanol–water partition coefficient (Wildman–Crippen LogP) is 0.642. The summed E-state index contributed by atoms with van der Waals surface area (Å²) in [6.07, 6.45) is 0. The van der Waals surface area contributed by atoms with E-state index in [0.717, 1.165) is 0 Å². The van der Waals surface area contributed by atoms with Crippen LogP contribution in [-0.2, 0) is 18.7 Å². The second-order valence-electron chi connectivity index (χ2n) is 2.17. The van der Waals surface area contributed by atoms with Crippen LogP contribution in [0.3, 0.4) is 0 Å². The Morgan fingerprint density at radius 3 is 2.54 bits per heavy atom. The summed E-state index contributed by atoms with van der Waals surface area (Å²) in [5.74, 6) is -0.575. The summed E-state index contributed by atoms with van der Waals surface area (Å²) in [5, 5.41) is 0. The molecule has 0 aromatic heterocycles. The predicted molar refractivity (Wildman–Crippen MR) is 49.8 cm³/mol. The zero-order valence-corrected chi connectivity index (χ0v) is 8.65. The van der Waals surface area contributed by atoms with Gasteiger partial charge in [-0.05, 0) is 17.7 Å². The lowest BCUT2D eigenvalue weighted by molar-refractivity contribution is -0.138. The van der Waals surface area contributed by atoms with Gasteiger partial charge in [0.2, 0.25) is 0 Å². The van der Waals surface area contributed by atoms with Gasteiger partial charge >= 0.3 is 15.1 Å². The van der Waals surface area contributed by atoms with Crippen molar-refractivity contribution in [2.45, 2.75) is 6.92 Å². The molecule has 0 aromatic rings. The Kier molecular flexibility index (Phi) is 5.04. The van der Waals surface area contributed by atoms with Crippen LogP contribution in [0.5, 0.6) is 0 Å². The van der Waals surface area contributed by atoms with Crippen molar-refractivity contribution < 1.29 is 22.5 Å². The van der Waals surface area contributed by atoms with E-state index >= 15 is 0 Å². The van der Waals surface area contributed by atoms with Gasteiger partial charge in [-0.3, -0.25) is 4.55 Å². The molecule has 0 bridgehead atoms. The van der Waals surface area contributed by atoms with Crippen LogP contribution in [0.25, 0.3) is 0 Å². The first-order chi connectivity index (χ1) is 5.83. The molecule has 13 heavy (non-hydrogen) atoms. The topological polar surface area (TPSA) is 80.7 Å². The average molecular weight is 226 g/mol. The second-order valence-corrected chi connectivity index (χ2v) is 5.64. The van der Waals surface area contributed by atoms with E-state index in [4.69, 9.17) is 4.55 Å². The number of carbonyl (C=O) groups is 1. The fraction of sp³-hybridized carbons (Fsp3) is 0.500. The molecule has 1 N–H and O–H groups in total. The summed E-state index contributed by atoms with van der Waals surface area (Å²) in [5.41, 5.74) is 0.247. The minimum absolute atomic E-state index is 0.00213. The summed E-state index contributed by atoms with van der Waals surface area (Å²) in [6.45, 7) is 4.74. The second kappa shape index (κ2) is 5.25. The van der Waals surface area contributed by atoms with E-state index < -0.39 is 15.1 Å². The van der Waals surface area contributed by atoms with E-state index in [-0.39, 0.29) is 17.9 Å². The lowest BCUT2D eigenvalue weighted by Crippen LogP contribution is -2.08. The zero-order chi connectivity index (χ0) is 10.5. The molecule has 0 saturated carbocycles. The number of ether oxygens (including phenoxy) is 1. The smallest absolute Gasteiger partial charge is 0.333 e. The average Bonchev–Trinajstić information content (AvgIpc) is 1.95. The van der Waals surface area contributed by atoms with Gasteiger partial charge in [0.25, 0.3) is 0 Å². The van der Waals surface area contributed by atoms with Gasteiger partial charge < -0.3 is 4.74 Å². The third-order valence-electron chi connectivity index (χ3n) is 0.897. The lowest BCUT2D eigenvalue weighted by Gasteiger charge is -2.01. The maximum atomic E-state index is 10.7. The zero-order valence-electron chi connectivity index (χ0n) is 7.02. The van der Waals surface area contributed by atoms with Crippen LogP contribution in [0.1, 0.15) is 6.92 Å². The number of hydrogen-bond donors (Lipinski definition) is 1. The number of carbonyl (C=O) groups excluding carboxylic acids is 1. The molecule has 0 atom stereocenters. The third-order valence-corrected chi connectivity index (χ3v) is 2.92. The van der Waals surface area contributed by atoms with Crippen molar-refractivity contribution in [2.75, 3.05) is 12.4 Å². The normalized spacial score (nSPS) is 10.9. The monoisotopic (exact) mass is 226 g/mol. The largest absolute Gasteiger partial charge is 0.461 e. The first kappa shape index (κ1) is 12.5. The van der Waals surface area contributed by atoms with Gasteiger partial charge in [0, 0.05) is 11.3 Å². The number of rotatable bonds is 5. The highest BCUT2D eigenvalue weighted by atomic mass is 33.1. The molecule has 5 nitrogen and oxygen atoms in total. The maximum Gasteiger partial charge on any atom is 0.333 e. The van der Waals surface area contributed by atoms with E-state index in [0.29, 0.717) is 10.8 Å². The Bertz CT molecular complexity index is 292. The van der Waals surface area contributed by atoms with Crippen LogP contribution in [0, 0.1) is 0 Å². The Balaban J connectivity index is 3.59. The van der Waals surface area contributed by atoms with Gasteiger partial charge in [0.05, 0.1) is 0 Å². The first-order valence-corrected chi connectivity index (χ1v) is 6.21. The Morgan fingerprint density at radius 2 is 2.15 bits per heavy atom. The van der Waals surface area contributed by atoms with Crippen LogP contribution in [-0.4, -0.2) is 31.3 Å². The summed E-state index contributed by atoms with van der Waals surface area (Å²) in [6, 6.07) is 0. The molecule has 0 spiro atoms. The number of esters is 1. The van der Waals surface area contributed by atoms with Crippen LogP contribution < -0.4 is 0 Å². The van der Waals surface area contributed by atoms with Crippen molar-refractivity contribution >= 4 is 25.9 Å². The summed E-state index contributed by atoms with van der Waals surface area (Å²) < 4.78 is 33.2. The molecule has 0 heterocycles. The summed E-state index contributed by atoms with van der Waals surface area (Å²) in [7, 11) is -3.73. The van der Waals surface area contributed by atoms with Crippen molar-refractivity contribution in [3.05, 3.63) is 12.2 Å². The highest BCUT2D eigenvalue weighted by molar-refractivity contribution is 8.69. The Hall–Kier alpha value is -0.530. The highest BCUT2D eigenvalue weighted by Gasteiger charge is 2.06. The van der Waals surface area contributed by atoms with Gasteiger partial charge in [-0.1, -0.05) is 6.58 Å². The Morgan fingerprint density at radius 1 is 1.62 bits per heavy atom. The third kappa shape index (κ3) is 7.82. The molecule has 0 aromatic carbocycles. The molecule has 0 aliphatic carbocycles. The molecule has 7 heteroatoms. The van der Waals surface area contributed by atoms with Gasteiger partial charge in [-0.2, -0.15) is 8.42 Å². The quantitative estimate of drug-likeness (QED) is 0.243. The molecule has 0 unspecified atom stereocenters. The number of hydrogen-bond acceptors (Lipinski definition) is 5. The van der Waals surface area contributed by atoms with Gasteiger partial charge in [0.1, 0.15) is 6.61 Å². The van der Waals surface area contributed by atoms with Crippen LogP contribution >= 0.6 is 10.8 Å². The van der Waals surface area contributed by atoms with Gasteiger partial charge in [0.15, 0.2) is 0 Å². The van der Waals surface area contributed by atoms with Crippen molar-refractivity contribution in [1.29, 1.82) is 0 Å². The van der Waals surface area contributed by atoms with Crippen molar-refractivity contribution in [3.8, 4) is 0 Å². The maximum absolute atomic E-state index is 10.7. The molecule has 0 radical (unpaired) electrons. The molecular weight excluding hydrogens is 216 g/mol. The van der Waals surface area contributed by atoms with E-state index in [1.54, 1.807) is 0 Å². The fourth-order valence-corrected chi connectivity index (χ4v) is 1.59. The summed E-state index contributed by atoms with van der Waals surface area (Å²) >= 11 is 0. The molecule has 0 fully saturated rings. The molecule has 0 saturated heterocycles. The minimum atomic E-state index is -4.04. The van der Waals surface area contributed by atoms with Crippen LogP contribution in [0.15, 0.2) is 12.2 Å². The molecule has 0 aliphatic rings. The van der Waals surface area contributed by atoms with E-state index in [9.17, 15) is 13.2 Å². The molecule has 0 aliphatic heterocycles. The SMILES string of the molecule is C=C(C)C(=O)OCCSS(=O)(=O)O. The van der Waals surface area contributed by atoms with Crippen LogP contribution in [0.4, 0.5) is 0 Å². The molecule has 0 amide bonds. The summed E-state index contributed by atoms with van der Waals surface area (Å²) in [4.78, 5) is 10.7. The van der Waals surface area contributed by atoms with Crippen LogP contribution in [0.2, 0.25) is 0 Å². The van der Waals surface area contributed by atoms with Gasteiger partial charge in [-0.25, -0.2) is 4.79 Å². The van der Waals surface area contributed by atoms with Crippen molar-refractivity contribution in [2.24, 2.45) is 0 Å². The van der Waals surface area contributed by atoms with E-state index in [1.807, 2.05) is 0 Å². The van der Waals surface area contributed by atoms with E-state index in [1.165, 1.54) is 6.92 Å². The minimum Gasteiger partial charge on any atom is -0.461 e. The fourth-order valence-electron chi connectivity index (χ4n) is 0.397. The Labute approximate surface area is 80.3 Å². The first-order valence-electron chi connectivity index (χ1n) is 3.27. The van der Waals surface area contributed by atoms with Crippen molar-refractivity contribution in [3.63, 3.8) is 0 Å². The van der Waals surface area contributed by atoms with Gasteiger partial charge in [-0.15, -0.1) is 0 Å². The molecule has 0 rings (SSSR count). The lowest BCUT2D eigenvalue weighted by atomic mass is 10.4. The van der Waals surface area contributed by atoms with E-state index in [2.05, 4.69) is 11.3 Å². The highest BCUT2D eigenvalue weighted by Crippen LogP contribution is 2.08. The molecular formula is C6H10O5S2. The standard InChI is InChI=1S/C6H10O5S2/c1-5(2)6(7)11-3-4-12-13(8,9)10/h1,3-4H2,2H3,(H,8,9,10).